The van der Waals surface area contributed by atoms with E-state index < -0.39 is 0 Å². The molecule has 0 bridgehead atoms. The lowest BCUT2D eigenvalue weighted by molar-refractivity contribution is 0.0746. The van der Waals surface area contributed by atoms with E-state index in [9.17, 15) is 4.79 Å². The number of aryl methyl sites for hydroxylation is 2. The maximum Gasteiger partial charge on any atom is 0.254 e. The van der Waals surface area contributed by atoms with Crippen molar-refractivity contribution in [3.63, 3.8) is 0 Å². The van der Waals surface area contributed by atoms with Crippen LogP contribution in [-0.2, 0) is 0 Å². The van der Waals surface area contributed by atoms with Gasteiger partial charge in [0.2, 0.25) is 10.1 Å². The summed E-state index contributed by atoms with van der Waals surface area (Å²) in [5.74, 6) is 1.02. The molecule has 5 rings (SSSR count). The number of benzene rings is 2. The molecule has 35 heavy (non-hydrogen) atoms. The summed E-state index contributed by atoms with van der Waals surface area (Å²) in [6, 6.07) is 16.1. The Kier molecular flexibility index (Phi) is 6.01. The van der Waals surface area contributed by atoms with Crippen LogP contribution in [0.1, 0.15) is 42.3 Å². The second kappa shape index (κ2) is 9.00. The van der Waals surface area contributed by atoms with Gasteiger partial charge in [-0.05, 0) is 51.8 Å². The molecule has 1 aliphatic rings. The molecular formula is C27H32N6OS. The minimum atomic E-state index is -0.140. The second-order valence-corrected chi connectivity index (χ2v) is 11.1. The Bertz CT molecular complexity index is 1370. The molecular weight excluding hydrogens is 456 g/mol. The van der Waals surface area contributed by atoms with Gasteiger partial charge in [0.1, 0.15) is 5.69 Å². The van der Waals surface area contributed by atoms with Crippen LogP contribution in [0.15, 0.2) is 48.5 Å². The third-order valence-electron chi connectivity index (χ3n) is 6.30. The first-order valence-corrected chi connectivity index (χ1v) is 12.9. The fourth-order valence-corrected chi connectivity index (χ4v) is 5.40. The largest absolute Gasteiger partial charge is 0.364 e. The molecule has 7 nitrogen and oxygen atoms in total. The van der Waals surface area contributed by atoms with Gasteiger partial charge in [-0.1, -0.05) is 53.8 Å². The van der Waals surface area contributed by atoms with E-state index in [2.05, 4.69) is 50.0 Å². The van der Waals surface area contributed by atoms with Gasteiger partial charge in [0.05, 0.1) is 0 Å². The molecule has 0 atom stereocenters. The number of fused-ring (bicyclic) bond motifs is 1. The van der Waals surface area contributed by atoms with Crippen molar-refractivity contribution in [1.29, 1.82) is 0 Å². The number of nitrogens with zero attached hydrogens (tertiary/aromatic N) is 5. The summed E-state index contributed by atoms with van der Waals surface area (Å²) in [6.45, 7) is 13.4. The van der Waals surface area contributed by atoms with E-state index in [0.717, 1.165) is 51.4 Å². The van der Waals surface area contributed by atoms with Crippen LogP contribution in [0.2, 0.25) is 0 Å². The lowest BCUT2D eigenvalue weighted by atomic mass is 10.0. The number of piperazine rings is 1. The average Bonchev–Trinajstić information content (AvgIpc) is 3.38. The molecule has 1 saturated heterocycles. The molecule has 8 heteroatoms. The van der Waals surface area contributed by atoms with Crippen LogP contribution in [0.4, 0.5) is 10.9 Å². The Labute approximate surface area is 210 Å². The van der Waals surface area contributed by atoms with Gasteiger partial charge in [-0.2, -0.15) is 4.52 Å². The number of nitrogens with one attached hydrogen (secondary N) is 1. The first-order valence-electron chi connectivity index (χ1n) is 12.0. The van der Waals surface area contributed by atoms with E-state index in [1.54, 1.807) is 11.3 Å². The maximum atomic E-state index is 13.0. The average molecular weight is 489 g/mol. The molecule has 0 unspecified atom stereocenters. The Morgan fingerprint density at radius 2 is 1.60 bits per heavy atom. The summed E-state index contributed by atoms with van der Waals surface area (Å²) in [7, 11) is 0. The summed E-state index contributed by atoms with van der Waals surface area (Å²) in [6.07, 6.45) is 0. The van der Waals surface area contributed by atoms with Crippen LogP contribution in [0.3, 0.4) is 0 Å². The van der Waals surface area contributed by atoms with Crippen molar-refractivity contribution in [2.24, 2.45) is 0 Å². The van der Waals surface area contributed by atoms with E-state index >= 15 is 0 Å². The van der Waals surface area contributed by atoms with Crippen molar-refractivity contribution in [2.45, 2.75) is 40.2 Å². The number of hydrogen-bond acceptors (Lipinski definition) is 6. The summed E-state index contributed by atoms with van der Waals surface area (Å²) in [4.78, 5) is 23.1. The van der Waals surface area contributed by atoms with Crippen LogP contribution in [0.5, 0.6) is 0 Å². The molecule has 1 aliphatic heterocycles. The summed E-state index contributed by atoms with van der Waals surface area (Å²) in [5, 5.41) is 9.54. The second-order valence-electron chi connectivity index (χ2n) is 10.2. The van der Waals surface area contributed by atoms with E-state index in [4.69, 9.17) is 10.1 Å². The highest BCUT2D eigenvalue weighted by Gasteiger charge is 2.27. The van der Waals surface area contributed by atoms with Gasteiger partial charge in [-0.15, -0.1) is 5.10 Å². The van der Waals surface area contributed by atoms with E-state index in [0.29, 0.717) is 13.1 Å². The lowest BCUT2D eigenvalue weighted by Gasteiger charge is -2.34. The monoisotopic (exact) mass is 488 g/mol. The van der Waals surface area contributed by atoms with Gasteiger partial charge in [-0.25, -0.2) is 4.98 Å². The fraction of sp³-hybridized carbons (Fsp3) is 0.370. The zero-order valence-electron chi connectivity index (χ0n) is 21.0. The molecule has 2 aromatic heterocycles. The lowest BCUT2D eigenvalue weighted by Crippen LogP contribution is -2.49. The molecule has 1 amide bonds. The molecule has 0 aliphatic carbocycles. The number of rotatable bonds is 4. The van der Waals surface area contributed by atoms with Crippen LogP contribution in [-0.4, -0.2) is 57.1 Å². The van der Waals surface area contributed by atoms with Crippen molar-refractivity contribution in [2.75, 3.05) is 36.4 Å². The number of aromatic nitrogens is 3. The predicted molar refractivity (Wildman–Crippen MR) is 144 cm³/mol. The number of anilines is 2. The van der Waals surface area contributed by atoms with Gasteiger partial charge in [0.15, 0.2) is 5.82 Å². The number of imidazole rings is 1. The van der Waals surface area contributed by atoms with Crippen molar-refractivity contribution >= 4 is 33.2 Å². The number of hydrogen-bond donors (Lipinski definition) is 1. The number of amides is 1. The van der Waals surface area contributed by atoms with E-state index in [1.807, 2.05) is 52.7 Å². The zero-order chi connectivity index (χ0) is 24.7. The minimum absolute atomic E-state index is 0.108. The van der Waals surface area contributed by atoms with E-state index in [1.165, 1.54) is 5.56 Å². The minimum Gasteiger partial charge on any atom is -0.364 e. The molecule has 2 aromatic carbocycles. The molecule has 182 valence electrons. The standard InChI is InChI=1S/C27H32N6OS/c1-18-10-6-8-12-20(18)22-23(29-27(3,4)5)33-25(28-22)35-26(30-33)32-16-14-31(15-17-32)24(34)21-13-9-7-11-19(21)2/h6-13,29H,14-17H2,1-5H3. The molecule has 0 spiro atoms. The maximum absolute atomic E-state index is 13.0. The fourth-order valence-electron chi connectivity index (χ4n) is 4.44. The van der Waals surface area contributed by atoms with Crippen molar-refractivity contribution in [3.05, 3.63) is 65.2 Å². The first-order chi connectivity index (χ1) is 16.7. The Morgan fingerprint density at radius 1 is 0.943 bits per heavy atom. The van der Waals surface area contributed by atoms with Crippen molar-refractivity contribution in [1.82, 2.24) is 19.5 Å². The summed E-state index contributed by atoms with van der Waals surface area (Å²) >= 11 is 1.60. The summed E-state index contributed by atoms with van der Waals surface area (Å²) < 4.78 is 1.94. The normalized spacial score (nSPS) is 14.5. The highest BCUT2D eigenvalue weighted by Crippen LogP contribution is 2.36. The Hall–Kier alpha value is -3.39. The third-order valence-corrected chi connectivity index (χ3v) is 7.27. The molecule has 4 aromatic rings. The van der Waals surface area contributed by atoms with E-state index in [-0.39, 0.29) is 11.4 Å². The van der Waals surface area contributed by atoms with Gasteiger partial charge < -0.3 is 15.1 Å². The quantitative estimate of drug-likeness (QED) is 0.425. The van der Waals surface area contributed by atoms with Gasteiger partial charge in [0.25, 0.3) is 5.91 Å². The molecule has 1 N–H and O–H groups in total. The SMILES string of the molecule is Cc1ccccc1C(=O)N1CCN(c2nn3c(NC(C)(C)C)c(-c4ccccc4C)nc3s2)CC1. The number of carbonyl (C=O) groups is 1. The highest BCUT2D eigenvalue weighted by atomic mass is 32.1. The van der Waals surface area contributed by atoms with Gasteiger partial charge in [0, 0.05) is 42.8 Å². The molecule has 0 saturated carbocycles. The van der Waals surface area contributed by atoms with Gasteiger partial charge >= 0.3 is 0 Å². The third kappa shape index (κ3) is 4.62. The number of carbonyl (C=O) groups excluding carboxylic acids is 1. The predicted octanol–water partition coefficient (Wildman–Crippen LogP) is 5.25. The van der Waals surface area contributed by atoms with Crippen LogP contribution < -0.4 is 10.2 Å². The van der Waals surface area contributed by atoms with Crippen LogP contribution in [0.25, 0.3) is 16.2 Å². The highest BCUT2D eigenvalue weighted by molar-refractivity contribution is 7.20. The molecule has 1 fully saturated rings. The van der Waals surface area contributed by atoms with Crippen LogP contribution in [0, 0.1) is 13.8 Å². The Balaban J connectivity index is 1.40. The van der Waals surface area contributed by atoms with Crippen LogP contribution >= 0.6 is 11.3 Å². The smallest absolute Gasteiger partial charge is 0.254 e. The Morgan fingerprint density at radius 3 is 2.26 bits per heavy atom. The summed E-state index contributed by atoms with van der Waals surface area (Å²) in [5.41, 5.74) is 4.89. The van der Waals surface area contributed by atoms with Gasteiger partial charge in [-0.3, -0.25) is 4.79 Å². The molecule has 0 radical (unpaired) electrons. The van der Waals surface area contributed by atoms with Crippen molar-refractivity contribution < 1.29 is 4.79 Å². The molecule has 3 heterocycles. The van der Waals surface area contributed by atoms with Crippen molar-refractivity contribution in [3.8, 4) is 11.3 Å². The first kappa shape index (κ1) is 23.4. The zero-order valence-corrected chi connectivity index (χ0v) is 21.8. The topological polar surface area (TPSA) is 65.8 Å².